The van der Waals surface area contributed by atoms with Crippen molar-refractivity contribution in [2.24, 2.45) is 0 Å². The summed E-state index contributed by atoms with van der Waals surface area (Å²) in [6.45, 7) is 0. The normalized spacial score (nSPS) is 12.1. The number of hydrogen-bond acceptors (Lipinski definition) is 3. The molecule has 0 saturated carbocycles. The number of halogens is 3. The van der Waals surface area contributed by atoms with E-state index in [9.17, 15) is 22.8 Å². The van der Waals surface area contributed by atoms with E-state index >= 15 is 0 Å². The molecule has 0 heterocycles. The van der Waals surface area contributed by atoms with E-state index in [-0.39, 0.29) is 11.6 Å². The molecule has 1 atom stereocenters. The number of amides is 2. The SMILES string of the molecule is O=C(Nc1cccc(SC(C(=O)Nc2cccc(C(F)(F)F)c2)c2ccccc2)c1)c1ccc2ccccc2c1. The lowest BCUT2D eigenvalue weighted by atomic mass is 10.1. The summed E-state index contributed by atoms with van der Waals surface area (Å²) in [5.41, 5.74) is 0.956. The second-order valence-electron chi connectivity index (χ2n) is 9.02. The summed E-state index contributed by atoms with van der Waals surface area (Å²) in [6.07, 6.45) is -4.52. The molecule has 0 spiro atoms. The van der Waals surface area contributed by atoms with Crippen LogP contribution in [0.3, 0.4) is 0 Å². The number of fused-ring (bicyclic) bond motifs is 1. The number of hydrogen-bond donors (Lipinski definition) is 2. The molecule has 5 aromatic carbocycles. The van der Waals surface area contributed by atoms with E-state index in [1.54, 1.807) is 48.5 Å². The van der Waals surface area contributed by atoms with Crippen molar-refractivity contribution in [1.82, 2.24) is 0 Å². The van der Waals surface area contributed by atoms with E-state index in [4.69, 9.17) is 0 Å². The molecule has 40 heavy (non-hydrogen) atoms. The van der Waals surface area contributed by atoms with Crippen LogP contribution in [0.15, 0.2) is 126 Å². The van der Waals surface area contributed by atoms with Gasteiger partial charge in [-0.2, -0.15) is 13.2 Å². The quantitative estimate of drug-likeness (QED) is 0.197. The minimum atomic E-state index is -4.52. The van der Waals surface area contributed by atoms with Crippen LogP contribution in [0.1, 0.15) is 26.7 Å². The first-order valence-corrected chi connectivity index (χ1v) is 13.2. The Morgan fingerprint density at radius 2 is 1.32 bits per heavy atom. The molecule has 0 saturated heterocycles. The Bertz CT molecular complexity index is 1670. The number of nitrogens with one attached hydrogen (secondary N) is 2. The van der Waals surface area contributed by atoms with Crippen LogP contribution in [0.2, 0.25) is 0 Å². The molecule has 5 rings (SSSR count). The molecule has 0 radical (unpaired) electrons. The van der Waals surface area contributed by atoms with Crippen molar-refractivity contribution < 1.29 is 22.8 Å². The Morgan fingerprint density at radius 3 is 2.08 bits per heavy atom. The Hall–Kier alpha value is -4.56. The number of anilines is 2. The molecule has 200 valence electrons. The van der Waals surface area contributed by atoms with Gasteiger partial charge in [0, 0.05) is 21.8 Å². The fraction of sp³-hybridized carbons (Fsp3) is 0.0625. The Morgan fingerprint density at radius 1 is 0.650 bits per heavy atom. The maximum absolute atomic E-state index is 13.4. The highest BCUT2D eigenvalue weighted by molar-refractivity contribution is 8.00. The second-order valence-corrected chi connectivity index (χ2v) is 10.2. The first kappa shape index (κ1) is 27.0. The van der Waals surface area contributed by atoms with Gasteiger partial charge in [0.25, 0.3) is 5.91 Å². The predicted molar refractivity (Wildman–Crippen MR) is 153 cm³/mol. The third-order valence-corrected chi connectivity index (χ3v) is 7.40. The van der Waals surface area contributed by atoms with E-state index in [0.717, 1.165) is 22.9 Å². The van der Waals surface area contributed by atoms with Crippen LogP contribution in [0.25, 0.3) is 10.8 Å². The maximum atomic E-state index is 13.4. The summed E-state index contributed by atoms with van der Waals surface area (Å²) in [7, 11) is 0. The van der Waals surface area contributed by atoms with E-state index in [2.05, 4.69) is 10.6 Å². The van der Waals surface area contributed by atoms with Gasteiger partial charge >= 0.3 is 6.18 Å². The van der Waals surface area contributed by atoms with Crippen molar-refractivity contribution in [2.45, 2.75) is 16.3 Å². The first-order valence-electron chi connectivity index (χ1n) is 12.4. The van der Waals surface area contributed by atoms with Crippen molar-refractivity contribution in [1.29, 1.82) is 0 Å². The average Bonchev–Trinajstić information content (AvgIpc) is 2.96. The molecule has 0 fully saturated rings. The molecule has 0 aliphatic rings. The lowest BCUT2D eigenvalue weighted by molar-refractivity contribution is -0.137. The summed E-state index contributed by atoms with van der Waals surface area (Å²) in [6, 6.07) is 33.9. The second kappa shape index (κ2) is 11.7. The summed E-state index contributed by atoms with van der Waals surface area (Å²) >= 11 is 1.23. The topological polar surface area (TPSA) is 58.2 Å². The maximum Gasteiger partial charge on any atom is 0.416 e. The van der Waals surface area contributed by atoms with Crippen LogP contribution in [-0.2, 0) is 11.0 Å². The number of rotatable bonds is 7. The number of thioether (sulfide) groups is 1. The van der Waals surface area contributed by atoms with Crippen molar-refractivity contribution in [3.8, 4) is 0 Å². The summed E-state index contributed by atoms with van der Waals surface area (Å²) in [4.78, 5) is 27.0. The minimum Gasteiger partial charge on any atom is -0.325 e. The van der Waals surface area contributed by atoms with Crippen molar-refractivity contribution >= 4 is 45.7 Å². The van der Waals surface area contributed by atoms with E-state index in [1.807, 2.05) is 48.5 Å². The van der Waals surface area contributed by atoms with Crippen LogP contribution < -0.4 is 10.6 Å². The van der Waals surface area contributed by atoms with Crippen LogP contribution >= 0.6 is 11.8 Å². The fourth-order valence-corrected chi connectivity index (χ4v) is 5.28. The molecule has 1 unspecified atom stereocenters. The number of benzene rings is 5. The smallest absolute Gasteiger partial charge is 0.325 e. The monoisotopic (exact) mass is 556 g/mol. The van der Waals surface area contributed by atoms with Gasteiger partial charge in [0.15, 0.2) is 0 Å². The molecule has 0 aromatic heterocycles. The third kappa shape index (κ3) is 6.52. The van der Waals surface area contributed by atoms with Gasteiger partial charge in [0.2, 0.25) is 5.91 Å². The van der Waals surface area contributed by atoms with E-state index in [0.29, 0.717) is 21.7 Å². The number of alkyl halides is 3. The summed E-state index contributed by atoms with van der Waals surface area (Å²) in [5, 5.41) is 6.76. The van der Waals surface area contributed by atoms with Gasteiger partial charge in [-0.25, -0.2) is 0 Å². The lowest BCUT2D eigenvalue weighted by Crippen LogP contribution is -2.19. The van der Waals surface area contributed by atoms with Gasteiger partial charge in [-0.05, 0) is 64.9 Å². The average molecular weight is 557 g/mol. The third-order valence-electron chi connectivity index (χ3n) is 6.16. The molecule has 0 aliphatic heterocycles. The van der Waals surface area contributed by atoms with Crippen LogP contribution in [-0.4, -0.2) is 11.8 Å². The van der Waals surface area contributed by atoms with Crippen LogP contribution in [0, 0.1) is 0 Å². The molecule has 0 bridgehead atoms. The highest BCUT2D eigenvalue weighted by Gasteiger charge is 2.31. The van der Waals surface area contributed by atoms with E-state index < -0.39 is 22.9 Å². The molecule has 0 aliphatic carbocycles. The van der Waals surface area contributed by atoms with Gasteiger partial charge in [0.1, 0.15) is 5.25 Å². The molecular formula is C32H23F3N2O2S. The fourth-order valence-electron chi connectivity index (χ4n) is 4.20. The van der Waals surface area contributed by atoms with Gasteiger partial charge in [-0.15, -0.1) is 11.8 Å². The summed E-state index contributed by atoms with van der Waals surface area (Å²) in [5.74, 6) is -0.740. The Labute approximate surface area is 233 Å². The largest absolute Gasteiger partial charge is 0.416 e. The lowest BCUT2D eigenvalue weighted by Gasteiger charge is -2.18. The zero-order chi connectivity index (χ0) is 28.1. The van der Waals surface area contributed by atoms with E-state index in [1.165, 1.54) is 23.9 Å². The number of carbonyl (C=O) groups is 2. The molecule has 4 nitrogen and oxygen atoms in total. The van der Waals surface area contributed by atoms with Gasteiger partial charge in [-0.1, -0.05) is 72.8 Å². The Kier molecular flexibility index (Phi) is 7.89. The van der Waals surface area contributed by atoms with Gasteiger partial charge in [0.05, 0.1) is 5.56 Å². The van der Waals surface area contributed by atoms with Crippen molar-refractivity contribution in [3.05, 3.63) is 138 Å². The predicted octanol–water partition coefficient (Wildman–Crippen LogP) is 8.58. The molecule has 2 amide bonds. The van der Waals surface area contributed by atoms with Gasteiger partial charge < -0.3 is 10.6 Å². The molecule has 5 aromatic rings. The van der Waals surface area contributed by atoms with Crippen molar-refractivity contribution in [3.63, 3.8) is 0 Å². The first-order chi connectivity index (χ1) is 19.3. The van der Waals surface area contributed by atoms with Gasteiger partial charge in [-0.3, -0.25) is 9.59 Å². The highest BCUT2D eigenvalue weighted by Crippen LogP contribution is 2.38. The molecule has 8 heteroatoms. The molecular weight excluding hydrogens is 533 g/mol. The minimum absolute atomic E-state index is 0.0535. The zero-order valence-corrected chi connectivity index (χ0v) is 21.8. The van der Waals surface area contributed by atoms with Crippen molar-refractivity contribution in [2.75, 3.05) is 10.6 Å². The standard InChI is InChI=1S/C32H23F3N2O2S/c33-32(34,35)25-12-6-13-26(19-25)37-31(39)29(22-9-2-1-3-10-22)40-28-15-7-14-27(20-28)36-30(38)24-17-16-21-8-4-5-11-23(21)18-24/h1-20,29H,(H,36,38)(H,37,39). The van der Waals surface area contributed by atoms with Crippen LogP contribution in [0.5, 0.6) is 0 Å². The Balaban J connectivity index is 1.35. The van der Waals surface area contributed by atoms with Crippen LogP contribution in [0.4, 0.5) is 24.5 Å². The number of carbonyl (C=O) groups excluding carboxylic acids is 2. The molecule has 2 N–H and O–H groups in total. The highest BCUT2D eigenvalue weighted by atomic mass is 32.2. The summed E-state index contributed by atoms with van der Waals surface area (Å²) < 4.78 is 39.5. The zero-order valence-electron chi connectivity index (χ0n) is 21.0.